The van der Waals surface area contributed by atoms with Crippen LogP contribution in [-0.4, -0.2) is 36.0 Å². The van der Waals surface area contributed by atoms with Crippen molar-refractivity contribution in [3.05, 3.63) is 53.1 Å². The molecule has 0 aliphatic rings. The van der Waals surface area contributed by atoms with Crippen molar-refractivity contribution in [2.24, 2.45) is 0 Å². The minimum atomic E-state index is -0.109. The summed E-state index contributed by atoms with van der Waals surface area (Å²) in [6.45, 7) is 4.03. The van der Waals surface area contributed by atoms with Gasteiger partial charge in [0, 0.05) is 5.56 Å². The van der Waals surface area contributed by atoms with Crippen LogP contribution < -0.4 is 9.47 Å². The number of nitrogens with zero attached hydrogens (tertiary/aromatic N) is 2. The first-order valence-corrected chi connectivity index (χ1v) is 9.29. The van der Waals surface area contributed by atoms with Gasteiger partial charge in [0.25, 0.3) is 5.22 Å². The summed E-state index contributed by atoms with van der Waals surface area (Å²) in [5, 5.41) is 8.47. The third-order valence-corrected chi connectivity index (χ3v) is 4.73. The molecular formula is C20H20N2O4S. The van der Waals surface area contributed by atoms with Gasteiger partial charge in [0.15, 0.2) is 5.78 Å². The third kappa shape index (κ3) is 4.49. The number of benzene rings is 2. The predicted octanol–water partition coefficient (Wildman–Crippen LogP) is 4.35. The maximum atomic E-state index is 12.6. The van der Waals surface area contributed by atoms with E-state index in [0.717, 1.165) is 16.7 Å². The molecule has 0 atom stereocenters. The lowest BCUT2D eigenvalue weighted by molar-refractivity contribution is 0.101. The Balaban J connectivity index is 1.72. The third-order valence-electron chi connectivity index (χ3n) is 3.91. The zero-order valence-electron chi connectivity index (χ0n) is 15.6. The van der Waals surface area contributed by atoms with Crippen LogP contribution in [0.4, 0.5) is 0 Å². The van der Waals surface area contributed by atoms with Crippen molar-refractivity contribution >= 4 is 17.5 Å². The molecule has 0 spiro atoms. The molecule has 2 aromatic carbocycles. The summed E-state index contributed by atoms with van der Waals surface area (Å²) >= 11 is 1.19. The van der Waals surface area contributed by atoms with Gasteiger partial charge in [-0.25, -0.2) is 0 Å². The van der Waals surface area contributed by atoms with Crippen molar-refractivity contribution in [3.8, 4) is 23.0 Å². The van der Waals surface area contributed by atoms with E-state index in [1.54, 1.807) is 25.3 Å². The van der Waals surface area contributed by atoms with E-state index in [9.17, 15) is 4.79 Å². The second kappa shape index (κ2) is 8.26. The fourth-order valence-electron chi connectivity index (χ4n) is 2.72. The van der Waals surface area contributed by atoms with Crippen LogP contribution in [0.1, 0.15) is 21.5 Å². The van der Waals surface area contributed by atoms with Crippen LogP contribution in [0, 0.1) is 13.8 Å². The van der Waals surface area contributed by atoms with E-state index in [2.05, 4.69) is 16.3 Å². The zero-order valence-corrected chi connectivity index (χ0v) is 16.4. The van der Waals surface area contributed by atoms with E-state index in [1.807, 2.05) is 26.0 Å². The molecule has 3 aromatic rings. The van der Waals surface area contributed by atoms with Crippen molar-refractivity contribution in [1.29, 1.82) is 0 Å². The molecule has 7 heteroatoms. The molecule has 6 nitrogen and oxygen atoms in total. The highest BCUT2D eigenvalue weighted by atomic mass is 32.2. The second-order valence-corrected chi connectivity index (χ2v) is 6.95. The zero-order chi connectivity index (χ0) is 19.4. The lowest BCUT2D eigenvalue weighted by Gasteiger charge is -2.08. The average molecular weight is 384 g/mol. The molecule has 0 N–H and O–H groups in total. The Labute approximate surface area is 161 Å². The minimum Gasteiger partial charge on any atom is -0.497 e. The van der Waals surface area contributed by atoms with E-state index in [0.29, 0.717) is 28.2 Å². The molecule has 0 aliphatic heterocycles. The van der Waals surface area contributed by atoms with Crippen molar-refractivity contribution in [2.45, 2.75) is 19.1 Å². The number of thioether (sulfide) groups is 1. The molecule has 0 radical (unpaired) electrons. The molecule has 0 amide bonds. The van der Waals surface area contributed by atoms with Gasteiger partial charge in [0.2, 0.25) is 5.89 Å². The summed E-state index contributed by atoms with van der Waals surface area (Å²) in [7, 11) is 3.08. The summed E-state index contributed by atoms with van der Waals surface area (Å²) in [6.07, 6.45) is 0. The Morgan fingerprint density at radius 3 is 2.44 bits per heavy atom. The van der Waals surface area contributed by atoms with Crippen LogP contribution in [0.25, 0.3) is 11.5 Å². The summed E-state index contributed by atoms with van der Waals surface area (Å²) in [5.74, 6) is 1.58. The normalized spacial score (nSPS) is 10.7. The lowest BCUT2D eigenvalue weighted by Crippen LogP contribution is -2.05. The van der Waals surface area contributed by atoms with Crippen molar-refractivity contribution in [2.75, 3.05) is 20.0 Å². The number of methoxy groups -OCH3 is 2. The number of aryl methyl sites for hydroxylation is 2. The van der Waals surface area contributed by atoms with Gasteiger partial charge in [-0.2, -0.15) is 0 Å². The average Bonchev–Trinajstić information content (AvgIpc) is 3.14. The summed E-state index contributed by atoms with van der Waals surface area (Å²) in [4.78, 5) is 12.6. The van der Waals surface area contributed by atoms with Crippen LogP contribution >= 0.6 is 11.8 Å². The fraction of sp³-hybridized carbons (Fsp3) is 0.250. The Hall–Kier alpha value is -2.80. The number of rotatable bonds is 7. The first-order chi connectivity index (χ1) is 13.0. The highest BCUT2D eigenvalue weighted by Gasteiger charge is 2.16. The van der Waals surface area contributed by atoms with E-state index < -0.39 is 0 Å². The van der Waals surface area contributed by atoms with Crippen molar-refractivity contribution in [1.82, 2.24) is 10.2 Å². The van der Waals surface area contributed by atoms with Gasteiger partial charge in [-0.05, 0) is 44.2 Å². The van der Waals surface area contributed by atoms with Gasteiger partial charge >= 0.3 is 0 Å². The predicted molar refractivity (Wildman–Crippen MR) is 104 cm³/mol. The highest BCUT2D eigenvalue weighted by molar-refractivity contribution is 7.99. The number of hydrogen-bond donors (Lipinski definition) is 0. The molecule has 1 heterocycles. The monoisotopic (exact) mass is 384 g/mol. The fourth-order valence-corrected chi connectivity index (χ4v) is 3.37. The molecule has 0 fully saturated rings. The molecule has 27 heavy (non-hydrogen) atoms. The van der Waals surface area contributed by atoms with E-state index >= 15 is 0 Å². The molecule has 1 aromatic heterocycles. The van der Waals surface area contributed by atoms with Gasteiger partial charge in [0.1, 0.15) is 11.5 Å². The number of ketones is 1. The highest BCUT2D eigenvalue weighted by Crippen LogP contribution is 2.28. The van der Waals surface area contributed by atoms with Gasteiger partial charge < -0.3 is 13.9 Å². The Bertz CT molecular complexity index is 948. The number of ether oxygens (including phenoxy) is 2. The first kappa shape index (κ1) is 19.0. The van der Waals surface area contributed by atoms with Crippen LogP contribution in [0.2, 0.25) is 0 Å². The molecular weight excluding hydrogens is 364 g/mol. The Morgan fingerprint density at radius 2 is 1.78 bits per heavy atom. The smallest absolute Gasteiger partial charge is 0.277 e. The summed E-state index contributed by atoms with van der Waals surface area (Å²) < 4.78 is 16.1. The quantitative estimate of drug-likeness (QED) is 0.443. The topological polar surface area (TPSA) is 74.5 Å². The molecule has 3 rings (SSSR count). The number of carbonyl (C=O) groups is 1. The van der Waals surface area contributed by atoms with Crippen LogP contribution in [0.15, 0.2) is 46.0 Å². The Morgan fingerprint density at radius 1 is 1.04 bits per heavy atom. The summed E-state index contributed by atoms with van der Waals surface area (Å²) in [5.41, 5.74) is 3.57. The first-order valence-electron chi connectivity index (χ1n) is 8.30. The molecule has 0 unspecified atom stereocenters. The minimum absolute atomic E-state index is 0.109. The van der Waals surface area contributed by atoms with E-state index in [-0.39, 0.29) is 11.5 Å². The second-order valence-electron chi connectivity index (χ2n) is 6.03. The SMILES string of the molecule is COc1ccc(OC)c(C(=O)CSc2nnc(-c3cc(C)cc(C)c3)o2)c1. The number of Topliss-reactive ketones (excluding diaryl/α,β-unsaturated/α-hetero) is 1. The Kier molecular flexibility index (Phi) is 5.81. The van der Waals surface area contributed by atoms with Gasteiger partial charge in [0.05, 0.1) is 25.5 Å². The molecule has 0 saturated heterocycles. The molecule has 140 valence electrons. The molecule has 0 aliphatic carbocycles. The van der Waals surface area contributed by atoms with Crippen LogP contribution in [0.5, 0.6) is 11.5 Å². The van der Waals surface area contributed by atoms with Crippen LogP contribution in [-0.2, 0) is 0 Å². The number of hydrogen-bond acceptors (Lipinski definition) is 7. The number of aromatic nitrogens is 2. The van der Waals surface area contributed by atoms with Crippen molar-refractivity contribution < 1.29 is 18.7 Å². The molecule has 0 bridgehead atoms. The maximum Gasteiger partial charge on any atom is 0.277 e. The largest absolute Gasteiger partial charge is 0.497 e. The number of carbonyl (C=O) groups excluding carboxylic acids is 1. The van der Waals surface area contributed by atoms with Crippen LogP contribution in [0.3, 0.4) is 0 Å². The lowest BCUT2D eigenvalue weighted by atomic mass is 10.1. The van der Waals surface area contributed by atoms with Gasteiger partial charge in [-0.15, -0.1) is 10.2 Å². The molecule has 0 saturated carbocycles. The maximum absolute atomic E-state index is 12.6. The van der Waals surface area contributed by atoms with E-state index in [4.69, 9.17) is 13.9 Å². The van der Waals surface area contributed by atoms with Gasteiger partial charge in [-0.1, -0.05) is 29.0 Å². The van der Waals surface area contributed by atoms with Crippen molar-refractivity contribution in [3.63, 3.8) is 0 Å². The standard InChI is InChI=1S/C20H20N2O4S/c1-12-7-13(2)9-14(8-12)19-21-22-20(26-19)27-11-17(23)16-10-15(24-3)5-6-18(16)25-4/h5-10H,11H2,1-4H3. The van der Waals surface area contributed by atoms with Gasteiger partial charge in [-0.3, -0.25) is 4.79 Å². The van der Waals surface area contributed by atoms with E-state index in [1.165, 1.54) is 18.9 Å². The summed E-state index contributed by atoms with van der Waals surface area (Å²) in [6, 6.07) is 11.2.